The molecule has 3 heterocycles. The lowest BCUT2D eigenvalue weighted by molar-refractivity contribution is -0.143. The van der Waals surface area contributed by atoms with E-state index in [1.54, 1.807) is 32.3 Å². The summed E-state index contributed by atoms with van der Waals surface area (Å²) in [5, 5.41) is 0. The van der Waals surface area contributed by atoms with Gasteiger partial charge in [-0.1, -0.05) is 6.08 Å². The van der Waals surface area contributed by atoms with Gasteiger partial charge in [-0.05, 0) is 64.7 Å². The third kappa shape index (κ3) is 5.76. The molecule has 7 nitrogen and oxygen atoms in total. The Morgan fingerprint density at radius 3 is 2.62 bits per heavy atom. The summed E-state index contributed by atoms with van der Waals surface area (Å²) in [4.78, 5) is 27.2. The van der Waals surface area contributed by atoms with Gasteiger partial charge in [0.05, 0.1) is 23.5 Å². The normalized spacial score (nSPS) is 15.4. The number of rotatable bonds is 5. The van der Waals surface area contributed by atoms with E-state index in [-0.39, 0.29) is 24.4 Å². The molecule has 34 heavy (non-hydrogen) atoms. The highest BCUT2D eigenvalue weighted by atomic mass is 19.1. The van der Waals surface area contributed by atoms with E-state index in [4.69, 9.17) is 4.74 Å². The molecular weight excluding hydrogens is 440 g/mol. The fourth-order valence-corrected chi connectivity index (χ4v) is 4.03. The van der Waals surface area contributed by atoms with Gasteiger partial charge >= 0.3 is 5.97 Å². The first-order chi connectivity index (χ1) is 16.2. The van der Waals surface area contributed by atoms with Crippen molar-refractivity contribution >= 4 is 23.0 Å². The number of ether oxygens (including phenoxy) is 1. The monoisotopic (exact) mass is 471 g/mol. The van der Waals surface area contributed by atoms with Crippen LogP contribution in [-0.4, -0.2) is 45.2 Å². The highest BCUT2D eigenvalue weighted by molar-refractivity contribution is 5.84. The molecule has 3 aromatic rings. The lowest BCUT2D eigenvalue weighted by Crippen LogP contribution is -2.37. The van der Waals surface area contributed by atoms with Gasteiger partial charge in [0.15, 0.2) is 0 Å². The summed E-state index contributed by atoms with van der Waals surface area (Å²) < 4.78 is 32.3. The summed E-state index contributed by atoms with van der Waals surface area (Å²) in [7, 11) is 1.98. The lowest BCUT2D eigenvalue weighted by Gasteiger charge is -2.31. The Morgan fingerprint density at radius 2 is 2.00 bits per heavy atom. The summed E-state index contributed by atoms with van der Waals surface area (Å²) in [6.07, 6.45) is 7.34. The van der Waals surface area contributed by atoms with Crippen LogP contribution in [0.4, 0.5) is 14.7 Å². The molecule has 0 N–H and O–H groups in total. The highest BCUT2D eigenvalue weighted by Gasteiger charge is 2.30. The summed E-state index contributed by atoms with van der Waals surface area (Å²) >= 11 is 0. The van der Waals surface area contributed by atoms with Gasteiger partial charge in [0.25, 0.3) is 0 Å². The predicted octanol–water partition coefficient (Wildman–Crippen LogP) is 4.71. The molecule has 0 aromatic carbocycles. The number of hydrogen-bond donors (Lipinski definition) is 0. The molecule has 4 rings (SSSR count). The van der Waals surface area contributed by atoms with Crippen molar-refractivity contribution in [2.75, 3.05) is 18.6 Å². The number of carbonyl (C=O) groups is 1. The zero-order chi connectivity index (χ0) is 24.8. The lowest BCUT2D eigenvalue weighted by atomic mass is 9.91. The number of pyridine rings is 1. The van der Waals surface area contributed by atoms with Crippen molar-refractivity contribution < 1.29 is 18.3 Å². The maximum absolute atomic E-state index is 13.9. The van der Waals surface area contributed by atoms with Crippen LogP contribution in [0.5, 0.6) is 0 Å². The van der Waals surface area contributed by atoms with Crippen LogP contribution in [0.3, 0.4) is 0 Å². The standard InChI is InChI=1S/C21H24FN5O2.C4H7F/c1-4-29-19(28)12-27-16-6-5-14(26(3)21-23-10-13(2)11-24-21)9-15(16)20-17(27)7-8-18(22)25-20;1-3-4(2)5/h7-8,10-11,14H,4-6,9,12H2,1-3H3;3H,1-2H3/b;4-3+. The van der Waals surface area contributed by atoms with Crippen molar-refractivity contribution in [2.24, 2.45) is 0 Å². The van der Waals surface area contributed by atoms with Crippen LogP contribution in [-0.2, 0) is 28.9 Å². The van der Waals surface area contributed by atoms with Gasteiger partial charge in [-0.3, -0.25) is 4.79 Å². The number of esters is 1. The molecule has 9 heteroatoms. The first-order valence-electron chi connectivity index (χ1n) is 11.4. The minimum atomic E-state index is -0.522. The molecule has 1 unspecified atom stereocenters. The largest absolute Gasteiger partial charge is 0.465 e. The van der Waals surface area contributed by atoms with E-state index in [1.807, 2.05) is 18.5 Å². The van der Waals surface area contributed by atoms with Crippen molar-refractivity contribution in [1.82, 2.24) is 19.5 Å². The van der Waals surface area contributed by atoms with Crippen molar-refractivity contribution in [3.63, 3.8) is 0 Å². The topological polar surface area (TPSA) is 73.1 Å². The third-order valence-corrected chi connectivity index (χ3v) is 5.87. The van der Waals surface area contributed by atoms with Gasteiger partial charge in [-0.15, -0.1) is 0 Å². The van der Waals surface area contributed by atoms with Crippen molar-refractivity contribution in [2.45, 2.75) is 59.5 Å². The van der Waals surface area contributed by atoms with E-state index >= 15 is 0 Å². The van der Waals surface area contributed by atoms with Crippen molar-refractivity contribution in [1.29, 1.82) is 0 Å². The zero-order valence-corrected chi connectivity index (χ0v) is 20.3. The summed E-state index contributed by atoms with van der Waals surface area (Å²) in [5.74, 6) is -0.279. The number of fused-ring (bicyclic) bond motifs is 3. The Labute approximate surface area is 198 Å². The van der Waals surface area contributed by atoms with E-state index in [2.05, 4.69) is 19.9 Å². The van der Waals surface area contributed by atoms with Gasteiger partial charge in [0, 0.05) is 36.7 Å². The maximum Gasteiger partial charge on any atom is 0.325 e. The van der Waals surface area contributed by atoms with E-state index < -0.39 is 5.95 Å². The number of nitrogens with zero attached hydrogens (tertiary/aromatic N) is 5. The van der Waals surface area contributed by atoms with Crippen LogP contribution in [0, 0.1) is 12.9 Å². The molecule has 0 radical (unpaired) electrons. The van der Waals surface area contributed by atoms with Gasteiger partial charge in [-0.25, -0.2) is 19.3 Å². The second kappa shape index (κ2) is 11.2. The third-order valence-electron chi connectivity index (χ3n) is 5.87. The number of allylic oxidation sites excluding steroid dienone is 2. The number of aryl methyl sites for hydroxylation is 1. The van der Waals surface area contributed by atoms with Gasteiger partial charge in [0.2, 0.25) is 11.9 Å². The zero-order valence-electron chi connectivity index (χ0n) is 20.3. The van der Waals surface area contributed by atoms with E-state index in [0.29, 0.717) is 24.5 Å². The average molecular weight is 472 g/mol. The molecule has 1 aliphatic rings. The Hall–Kier alpha value is -3.36. The van der Waals surface area contributed by atoms with Gasteiger partial charge in [0.1, 0.15) is 6.54 Å². The van der Waals surface area contributed by atoms with Crippen LogP contribution >= 0.6 is 0 Å². The molecule has 0 amide bonds. The van der Waals surface area contributed by atoms with Gasteiger partial charge < -0.3 is 14.2 Å². The summed E-state index contributed by atoms with van der Waals surface area (Å²) in [6, 6.07) is 3.19. The molecule has 0 aliphatic heterocycles. The van der Waals surface area contributed by atoms with Gasteiger partial charge in [-0.2, -0.15) is 4.39 Å². The number of carbonyl (C=O) groups excluding carboxylic acids is 1. The molecule has 0 bridgehead atoms. The fraction of sp³-hybridized carbons (Fsp3) is 0.440. The average Bonchev–Trinajstić information content (AvgIpc) is 3.11. The van der Waals surface area contributed by atoms with Crippen LogP contribution in [0.1, 0.15) is 44.0 Å². The summed E-state index contributed by atoms with van der Waals surface area (Å²) in [6.45, 7) is 7.25. The van der Waals surface area contributed by atoms with Crippen LogP contribution in [0.15, 0.2) is 36.4 Å². The molecule has 3 aromatic heterocycles. The molecular formula is C25H31F2N5O2. The van der Waals surface area contributed by atoms with Crippen molar-refractivity contribution in [3.8, 4) is 0 Å². The smallest absolute Gasteiger partial charge is 0.325 e. The Morgan fingerprint density at radius 1 is 1.32 bits per heavy atom. The second-order valence-corrected chi connectivity index (χ2v) is 8.26. The number of anilines is 1. The molecule has 1 atom stereocenters. The number of halogens is 2. The first kappa shape index (κ1) is 25.3. The van der Waals surface area contributed by atoms with E-state index in [0.717, 1.165) is 35.2 Å². The highest BCUT2D eigenvalue weighted by Crippen LogP contribution is 2.33. The summed E-state index contributed by atoms with van der Waals surface area (Å²) in [5.41, 5.74) is 4.40. The number of hydrogen-bond acceptors (Lipinski definition) is 6. The quantitative estimate of drug-likeness (QED) is 0.396. The minimum absolute atomic E-state index is 0.106. The molecule has 1 aliphatic carbocycles. The minimum Gasteiger partial charge on any atom is -0.465 e. The molecule has 0 fully saturated rings. The maximum atomic E-state index is 13.9. The SMILES string of the molecule is C/C=C(\C)F.CCOC(=O)Cn1c2c(c3nc(F)ccc31)CC(N(C)c1ncc(C)cn1)CC2. The predicted molar refractivity (Wildman–Crippen MR) is 128 cm³/mol. The van der Waals surface area contributed by atoms with Crippen LogP contribution < -0.4 is 4.90 Å². The molecule has 0 saturated heterocycles. The van der Waals surface area contributed by atoms with Crippen molar-refractivity contribution in [3.05, 3.63) is 59.2 Å². The second-order valence-electron chi connectivity index (χ2n) is 8.26. The van der Waals surface area contributed by atoms with E-state index in [9.17, 15) is 13.6 Å². The number of aromatic nitrogens is 4. The van der Waals surface area contributed by atoms with Crippen LogP contribution in [0.25, 0.3) is 11.0 Å². The Kier molecular flexibility index (Phi) is 8.31. The fourth-order valence-electron chi connectivity index (χ4n) is 4.03. The van der Waals surface area contributed by atoms with E-state index in [1.165, 1.54) is 19.1 Å². The first-order valence-corrected chi connectivity index (χ1v) is 11.4. The van der Waals surface area contributed by atoms with Crippen LogP contribution in [0.2, 0.25) is 0 Å². The molecule has 182 valence electrons. The molecule has 0 spiro atoms. The Bertz CT molecular complexity index is 1170. The Balaban J connectivity index is 0.000000588. The molecule has 0 saturated carbocycles. The number of likely N-dealkylation sites (N-methyl/N-ethyl adjacent to an activating group) is 1.